The number of ether oxygens (including phenoxy) is 2. The van der Waals surface area contributed by atoms with Gasteiger partial charge in [-0.25, -0.2) is 4.98 Å². The molecular weight excluding hydrogens is 370 g/mol. The lowest BCUT2D eigenvalue weighted by Gasteiger charge is -2.15. The van der Waals surface area contributed by atoms with E-state index in [1.54, 1.807) is 0 Å². The van der Waals surface area contributed by atoms with Crippen LogP contribution in [0, 0.1) is 0 Å². The summed E-state index contributed by atoms with van der Waals surface area (Å²) < 4.78 is 48.6. The van der Waals surface area contributed by atoms with Crippen LogP contribution < -0.4 is 4.74 Å². The maximum Gasteiger partial charge on any atom is 0.416 e. The monoisotopic (exact) mass is 379 g/mol. The Morgan fingerprint density at radius 2 is 1.96 bits per heavy atom. The molecule has 24 heavy (non-hydrogen) atoms. The number of halogens is 5. The van der Waals surface area contributed by atoms with Crippen molar-refractivity contribution in [2.75, 3.05) is 13.9 Å². The number of nitrogens with zero attached hydrogens (tertiary/aromatic N) is 1. The second kappa shape index (κ2) is 7.38. The first-order valence-corrected chi connectivity index (χ1v) is 7.18. The van der Waals surface area contributed by atoms with Gasteiger partial charge < -0.3 is 9.47 Å². The molecule has 2 aromatic rings. The van der Waals surface area contributed by atoms with E-state index in [0.29, 0.717) is 6.29 Å². The van der Waals surface area contributed by atoms with Crippen LogP contribution in [0.3, 0.4) is 0 Å². The Bertz CT molecular complexity index is 766. The fourth-order valence-electron chi connectivity index (χ4n) is 1.89. The number of benzene rings is 1. The summed E-state index contributed by atoms with van der Waals surface area (Å²) in [7, 11) is 1.33. The molecule has 9 heteroatoms. The van der Waals surface area contributed by atoms with Gasteiger partial charge in [-0.1, -0.05) is 23.2 Å². The third-order valence-corrected chi connectivity index (χ3v) is 3.57. The predicted octanol–water partition coefficient (Wildman–Crippen LogP) is 4.87. The summed E-state index contributed by atoms with van der Waals surface area (Å²) in [5.74, 6) is -0.129. The summed E-state index contributed by atoms with van der Waals surface area (Å²) in [5.41, 5.74) is -0.558. The number of carbonyl (C=O) groups excluding carboxylic acids is 1. The average molecular weight is 380 g/mol. The predicted molar refractivity (Wildman–Crippen MR) is 82.6 cm³/mol. The third kappa shape index (κ3) is 3.98. The number of methoxy groups -OCH3 is 1. The fraction of sp³-hybridized carbons (Fsp3) is 0.200. The smallest absolute Gasteiger partial charge is 0.416 e. The number of rotatable bonds is 5. The van der Waals surface area contributed by atoms with Gasteiger partial charge in [0, 0.05) is 12.7 Å². The van der Waals surface area contributed by atoms with Crippen molar-refractivity contribution in [2.24, 2.45) is 0 Å². The Morgan fingerprint density at radius 3 is 2.54 bits per heavy atom. The van der Waals surface area contributed by atoms with Crippen LogP contribution in [0.5, 0.6) is 5.75 Å². The number of aromatic nitrogens is 1. The normalized spacial score (nSPS) is 11.4. The van der Waals surface area contributed by atoms with Crippen molar-refractivity contribution in [2.45, 2.75) is 6.18 Å². The highest BCUT2D eigenvalue weighted by Crippen LogP contribution is 2.39. The average Bonchev–Trinajstić information content (AvgIpc) is 2.53. The van der Waals surface area contributed by atoms with Crippen LogP contribution in [0.25, 0.3) is 11.3 Å². The molecule has 0 bridgehead atoms. The van der Waals surface area contributed by atoms with Crippen molar-refractivity contribution in [1.29, 1.82) is 0 Å². The Hall–Kier alpha value is -1.83. The molecule has 128 valence electrons. The van der Waals surface area contributed by atoms with Crippen LogP contribution in [-0.2, 0) is 10.9 Å². The highest BCUT2D eigenvalue weighted by atomic mass is 35.5. The zero-order valence-electron chi connectivity index (χ0n) is 12.2. The number of carbonyl (C=O) groups is 1. The lowest BCUT2D eigenvalue weighted by Crippen LogP contribution is -2.07. The van der Waals surface area contributed by atoms with Gasteiger partial charge in [-0.15, -0.1) is 0 Å². The van der Waals surface area contributed by atoms with E-state index in [1.165, 1.54) is 19.2 Å². The first-order chi connectivity index (χ1) is 11.3. The van der Waals surface area contributed by atoms with E-state index in [2.05, 4.69) is 4.98 Å². The number of hydrogen-bond acceptors (Lipinski definition) is 4. The van der Waals surface area contributed by atoms with Crippen LogP contribution >= 0.6 is 23.2 Å². The van der Waals surface area contributed by atoms with E-state index >= 15 is 0 Å². The molecule has 1 aromatic heterocycles. The molecule has 0 aliphatic heterocycles. The molecule has 0 aliphatic rings. The molecule has 1 aromatic carbocycles. The topological polar surface area (TPSA) is 48.4 Å². The maximum absolute atomic E-state index is 12.9. The van der Waals surface area contributed by atoms with Crippen LogP contribution in [0.1, 0.15) is 15.9 Å². The number of alkyl halides is 3. The molecule has 0 fully saturated rings. The van der Waals surface area contributed by atoms with Gasteiger partial charge in [-0.2, -0.15) is 13.2 Å². The Balaban J connectivity index is 2.60. The Kier molecular flexibility index (Phi) is 5.69. The standard InChI is InChI=1S/C15H10Cl2F3NO3/c1-23-7-24-12-5-9(15(18,19)20)2-3-10(12)13-11(16)4-8(6-22)14(17)21-13/h2-6H,7H2,1H3. The highest BCUT2D eigenvalue weighted by molar-refractivity contribution is 6.35. The van der Waals surface area contributed by atoms with Crippen molar-refractivity contribution in [3.63, 3.8) is 0 Å². The van der Waals surface area contributed by atoms with Gasteiger partial charge in [0.05, 0.1) is 21.8 Å². The van der Waals surface area contributed by atoms with Gasteiger partial charge in [0.1, 0.15) is 10.9 Å². The van der Waals surface area contributed by atoms with E-state index < -0.39 is 11.7 Å². The van der Waals surface area contributed by atoms with Crippen molar-refractivity contribution in [3.8, 4) is 17.0 Å². The highest BCUT2D eigenvalue weighted by Gasteiger charge is 2.31. The summed E-state index contributed by atoms with van der Waals surface area (Å²) in [6.45, 7) is -0.272. The second-order valence-corrected chi connectivity index (χ2v) is 5.34. The van der Waals surface area contributed by atoms with Gasteiger partial charge in [0.15, 0.2) is 13.1 Å². The molecule has 1 heterocycles. The van der Waals surface area contributed by atoms with Gasteiger partial charge in [0.2, 0.25) is 0 Å². The lowest BCUT2D eigenvalue weighted by molar-refractivity contribution is -0.137. The molecule has 0 atom stereocenters. The number of pyridine rings is 1. The molecule has 0 spiro atoms. The summed E-state index contributed by atoms with van der Waals surface area (Å²) in [5, 5.41) is -0.0782. The minimum atomic E-state index is -4.54. The quantitative estimate of drug-likeness (QED) is 0.422. The fourth-order valence-corrected chi connectivity index (χ4v) is 2.33. The van der Waals surface area contributed by atoms with Crippen LogP contribution in [0.4, 0.5) is 13.2 Å². The van der Waals surface area contributed by atoms with Crippen LogP contribution in [-0.4, -0.2) is 25.2 Å². The summed E-state index contributed by atoms with van der Waals surface area (Å²) in [6, 6.07) is 4.12. The van der Waals surface area contributed by atoms with Crippen molar-refractivity contribution in [1.82, 2.24) is 4.98 Å². The molecule has 2 rings (SSSR count). The Labute approximate surface area is 145 Å². The minimum Gasteiger partial charge on any atom is -0.467 e. The summed E-state index contributed by atoms with van der Waals surface area (Å²) in [6.07, 6.45) is -4.07. The molecule has 0 N–H and O–H groups in total. The largest absolute Gasteiger partial charge is 0.467 e. The Morgan fingerprint density at radius 1 is 1.25 bits per heavy atom. The SMILES string of the molecule is COCOc1cc(C(F)(F)F)ccc1-c1nc(Cl)c(C=O)cc1Cl. The van der Waals surface area contributed by atoms with Gasteiger partial charge in [0.25, 0.3) is 0 Å². The van der Waals surface area contributed by atoms with Crippen LogP contribution in [0.15, 0.2) is 24.3 Å². The summed E-state index contributed by atoms with van der Waals surface area (Å²) >= 11 is 11.9. The molecule has 0 saturated carbocycles. The first-order valence-electron chi connectivity index (χ1n) is 6.42. The second-order valence-electron chi connectivity index (χ2n) is 4.58. The van der Waals surface area contributed by atoms with Gasteiger partial charge in [-0.3, -0.25) is 4.79 Å². The molecule has 0 saturated heterocycles. The zero-order valence-corrected chi connectivity index (χ0v) is 13.7. The van der Waals surface area contributed by atoms with Crippen molar-refractivity contribution in [3.05, 3.63) is 45.6 Å². The molecule has 0 radical (unpaired) electrons. The maximum atomic E-state index is 12.9. The molecule has 0 unspecified atom stereocenters. The number of hydrogen-bond donors (Lipinski definition) is 0. The third-order valence-electron chi connectivity index (χ3n) is 2.98. The molecule has 0 amide bonds. The first kappa shape index (κ1) is 18.5. The van der Waals surface area contributed by atoms with Gasteiger partial charge in [-0.05, 0) is 24.3 Å². The van der Waals surface area contributed by atoms with Crippen molar-refractivity contribution < 1.29 is 27.4 Å². The lowest BCUT2D eigenvalue weighted by atomic mass is 10.1. The van der Waals surface area contributed by atoms with Gasteiger partial charge >= 0.3 is 6.18 Å². The van der Waals surface area contributed by atoms with E-state index in [4.69, 9.17) is 32.7 Å². The van der Waals surface area contributed by atoms with E-state index in [9.17, 15) is 18.0 Å². The van der Waals surface area contributed by atoms with E-state index in [1.807, 2.05) is 0 Å². The van der Waals surface area contributed by atoms with Crippen molar-refractivity contribution >= 4 is 29.5 Å². The number of aldehydes is 1. The molecule has 0 aliphatic carbocycles. The molecular formula is C15H10Cl2F3NO3. The van der Waals surface area contributed by atoms with E-state index in [-0.39, 0.29) is 39.5 Å². The van der Waals surface area contributed by atoms with E-state index in [0.717, 1.165) is 12.1 Å². The molecule has 4 nitrogen and oxygen atoms in total. The van der Waals surface area contributed by atoms with Crippen LogP contribution in [0.2, 0.25) is 10.2 Å². The zero-order chi connectivity index (χ0) is 17.9. The summed E-state index contributed by atoms with van der Waals surface area (Å²) in [4.78, 5) is 14.8. The minimum absolute atomic E-state index is 0.0449.